The van der Waals surface area contributed by atoms with E-state index in [0.29, 0.717) is 12.3 Å². The lowest BCUT2D eigenvalue weighted by Gasteiger charge is -2.27. The second kappa shape index (κ2) is 7.15. The van der Waals surface area contributed by atoms with Gasteiger partial charge < -0.3 is 5.32 Å². The minimum absolute atomic E-state index is 0.241. The fraction of sp³-hybridized carbons (Fsp3) is 0.786. The molecule has 0 aromatic rings. The predicted octanol–water partition coefficient (Wildman–Crippen LogP) is 2.05. The van der Waals surface area contributed by atoms with Gasteiger partial charge in [0.2, 0.25) is 5.91 Å². The minimum atomic E-state index is -1.14. The van der Waals surface area contributed by atoms with Crippen molar-refractivity contribution in [3.05, 3.63) is 0 Å². The maximum atomic E-state index is 11.9. The lowest BCUT2D eigenvalue weighted by atomic mass is 9.78. The van der Waals surface area contributed by atoms with E-state index >= 15 is 0 Å². The summed E-state index contributed by atoms with van der Waals surface area (Å²) in [7, 11) is 1.45. The van der Waals surface area contributed by atoms with E-state index in [0.717, 1.165) is 0 Å². The molecule has 0 saturated heterocycles. The molecule has 4 heteroatoms. The standard InChI is InChI=1S/C14H22N2O2/c1-10(11-6-4-3-5-7-11)8-13(17)12(9-15)14(18)16-2/h10-12H,3-8H2,1-2H3,(H,16,18)/t10-,12-/m0/s1. The first-order chi connectivity index (χ1) is 8.60. The Labute approximate surface area is 109 Å². The third kappa shape index (κ3) is 3.83. The molecule has 1 rings (SSSR count). The van der Waals surface area contributed by atoms with Crippen LogP contribution in [0, 0.1) is 29.1 Å². The Bertz CT molecular complexity index is 340. The highest BCUT2D eigenvalue weighted by atomic mass is 16.2. The number of Topliss-reactive ketones (excluding diaryl/α,β-unsaturated/α-hetero) is 1. The summed E-state index contributed by atoms with van der Waals surface area (Å²) in [5.74, 6) is -1.01. The summed E-state index contributed by atoms with van der Waals surface area (Å²) in [6.07, 6.45) is 6.45. The van der Waals surface area contributed by atoms with Crippen molar-refractivity contribution < 1.29 is 9.59 Å². The fourth-order valence-electron chi connectivity index (χ4n) is 2.73. The van der Waals surface area contributed by atoms with Crippen LogP contribution < -0.4 is 5.32 Å². The predicted molar refractivity (Wildman–Crippen MR) is 68.5 cm³/mol. The van der Waals surface area contributed by atoms with Crippen molar-refractivity contribution >= 4 is 11.7 Å². The van der Waals surface area contributed by atoms with Crippen LogP contribution in [0.25, 0.3) is 0 Å². The smallest absolute Gasteiger partial charge is 0.244 e. The Balaban J connectivity index is 2.52. The second-order valence-corrected chi connectivity index (χ2v) is 5.22. The average molecular weight is 250 g/mol. The zero-order valence-corrected chi connectivity index (χ0v) is 11.2. The largest absolute Gasteiger partial charge is 0.358 e. The third-order valence-corrected chi connectivity index (χ3v) is 3.94. The number of nitrogens with one attached hydrogen (secondary N) is 1. The molecule has 100 valence electrons. The van der Waals surface area contributed by atoms with Gasteiger partial charge in [-0.25, -0.2) is 0 Å². The van der Waals surface area contributed by atoms with E-state index in [9.17, 15) is 9.59 Å². The highest BCUT2D eigenvalue weighted by Gasteiger charge is 2.29. The molecule has 1 saturated carbocycles. The van der Waals surface area contributed by atoms with Gasteiger partial charge in [-0.1, -0.05) is 39.0 Å². The SMILES string of the molecule is CNC(=O)[C@@H](C#N)C(=O)C[C@H](C)C1CCCCC1. The van der Waals surface area contributed by atoms with Gasteiger partial charge >= 0.3 is 0 Å². The molecule has 0 heterocycles. The molecule has 1 N–H and O–H groups in total. The van der Waals surface area contributed by atoms with Crippen LogP contribution in [0.3, 0.4) is 0 Å². The van der Waals surface area contributed by atoms with Gasteiger partial charge in [-0.2, -0.15) is 5.26 Å². The van der Waals surface area contributed by atoms with E-state index < -0.39 is 11.8 Å². The summed E-state index contributed by atoms with van der Waals surface area (Å²) in [5.41, 5.74) is 0. The number of carbonyl (C=O) groups is 2. The van der Waals surface area contributed by atoms with E-state index in [1.54, 1.807) is 6.07 Å². The Kier molecular flexibility index (Phi) is 5.84. The number of carbonyl (C=O) groups excluding carboxylic acids is 2. The third-order valence-electron chi connectivity index (χ3n) is 3.94. The number of nitrogens with zero attached hydrogens (tertiary/aromatic N) is 1. The van der Waals surface area contributed by atoms with Crippen LogP contribution in [0.15, 0.2) is 0 Å². The minimum Gasteiger partial charge on any atom is -0.358 e. The summed E-state index contributed by atoms with van der Waals surface area (Å²) >= 11 is 0. The van der Waals surface area contributed by atoms with Gasteiger partial charge in [0.05, 0.1) is 6.07 Å². The van der Waals surface area contributed by atoms with Gasteiger partial charge in [-0.15, -0.1) is 0 Å². The molecule has 4 nitrogen and oxygen atoms in total. The van der Waals surface area contributed by atoms with E-state index in [-0.39, 0.29) is 11.7 Å². The first-order valence-corrected chi connectivity index (χ1v) is 6.74. The van der Waals surface area contributed by atoms with Gasteiger partial charge in [-0.3, -0.25) is 9.59 Å². The van der Waals surface area contributed by atoms with Crippen LogP contribution in [0.2, 0.25) is 0 Å². The van der Waals surface area contributed by atoms with Gasteiger partial charge in [-0.05, 0) is 11.8 Å². The van der Waals surface area contributed by atoms with Crippen molar-refractivity contribution in [3.8, 4) is 6.07 Å². The maximum Gasteiger partial charge on any atom is 0.244 e. The molecule has 1 aliphatic carbocycles. The normalized spacial score (nSPS) is 19.6. The fourth-order valence-corrected chi connectivity index (χ4v) is 2.73. The van der Waals surface area contributed by atoms with Crippen molar-refractivity contribution in [2.24, 2.45) is 17.8 Å². The molecule has 1 fully saturated rings. The number of hydrogen-bond donors (Lipinski definition) is 1. The zero-order chi connectivity index (χ0) is 13.5. The zero-order valence-electron chi connectivity index (χ0n) is 11.2. The number of amides is 1. The van der Waals surface area contributed by atoms with Crippen LogP contribution >= 0.6 is 0 Å². The molecular weight excluding hydrogens is 228 g/mol. The van der Waals surface area contributed by atoms with Crippen LogP contribution in [-0.4, -0.2) is 18.7 Å². The van der Waals surface area contributed by atoms with Crippen molar-refractivity contribution in [3.63, 3.8) is 0 Å². The topological polar surface area (TPSA) is 70.0 Å². The first-order valence-electron chi connectivity index (χ1n) is 6.74. The summed E-state index contributed by atoms with van der Waals surface area (Å²) in [4.78, 5) is 23.3. The first kappa shape index (κ1) is 14.7. The number of ketones is 1. The number of rotatable bonds is 5. The van der Waals surface area contributed by atoms with E-state index in [2.05, 4.69) is 12.2 Å². The van der Waals surface area contributed by atoms with E-state index in [1.807, 2.05) is 0 Å². The monoisotopic (exact) mass is 250 g/mol. The molecule has 18 heavy (non-hydrogen) atoms. The van der Waals surface area contributed by atoms with Crippen molar-refractivity contribution in [1.82, 2.24) is 5.32 Å². The molecule has 2 atom stereocenters. The second-order valence-electron chi connectivity index (χ2n) is 5.22. The van der Waals surface area contributed by atoms with Gasteiger partial charge in [0.15, 0.2) is 11.7 Å². The quantitative estimate of drug-likeness (QED) is 0.759. The molecule has 0 aromatic heterocycles. The summed E-state index contributed by atoms with van der Waals surface area (Å²) in [6.45, 7) is 2.06. The summed E-state index contributed by atoms with van der Waals surface area (Å²) < 4.78 is 0. The Hall–Kier alpha value is -1.37. The Morgan fingerprint density at radius 3 is 2.44 bits per heavy atom. The van der Waals surface area contributed by atoms with Crippen LogP contribution in [0.4, 0.5) is 0 Å². The molecule has 0 bridgehead atoms. The lowest BCUT2D eigenvalue weighted by Crippen LogP contribution is -2.33. The van der Waals surface area contributed by atoms with Gasteiger partial charge in [0, 0.05) is 13.5 Å². The summed E-state index contributed by atoms with van der Waals surface area (Å²) in [5, 5.41) is 11.3. The summed E-state index contributed by atoms with van der Waals surface area (Å²) in [6, 6.07) is 1.80. The van der Waals surface area contributed by atoms with E-state index in [4.69, 9.17) is 5.26 Å². The van der Waals surface area contributed by atoms with Crippen LogP contribution in [0.1, 0.15) is 45.4 Å². The van der Waals surface area contributed by atoms with Crippen LogP contribution in [0.5, 0.6) is 0 Å². The van der Waals surface area contributed by atoms with Gasteiger partial charge in [0.25, 0.3) is 0 Å². The Morgan fingerprint density at radius 2 is 1.94 bits per heavy atom. The highest BCUT2D eigenvalue weighted by Crippen LogP contribution is 2.32. The molecule has 0 aromatic carbocycles. The number of nitriles is 1. The van der Waals surface area contributed by atoms with E-state index in [1.165, 1.54) is 39.2 Å². The van der Waals surface area contributed by atoms with Crippen molar-refractivity contribution in [2.45, 2.75) is 45.4 Å². The molecule has 0 aliphatic heterocycles. The maximum absolute atomic E-state index is 11.9. The molecule has 1 aliphatic rings. The van der Waals surface area contributed by atoms with Crippen LogP contribution in [-0.2, 0) is 9.59 Å². The molecule has 1 amide bonds. The molecule has 0 radical (unpaired) electrons. The lowest BCUT2D eigenvalue weighted by molar-refractivity contribution is -0.132. The molecule has 0 unspecified atom stereocenters. The van der Waals surface area contributed by atoms with Crippen molar-refractivity contribution in [2.75, 3.05) is 7.05 Å². The molecular formula is C14H22N2O2. The Morgan fingerprint density at radius 1 is 1.33 bits per heavy atom. The highest BCUT2D eigenvalue weighted by molar-refractivity contribution is 6.03. The average Bonchev–Trinajstić information content (AvgIpc) is 2.40. The number of hydrogen-bond acceptors (Lipinski definition) is 3. The van der Waals surface area contributed by atoms with Crippen molar-refractivity contribution in [1.29, 1.82) is 5.26 Å². The molecule has 0 spiro atoms. The van der Waals surface area contributed by atoms with Gasteiger partial charge in [0.1, 0.15) is 0 Å².